The fraction of sp³-hybridized carbons (Fsp3) is 0.250. The van der Waals surface area contributed by atoms with Crippen LogP contribution in [0.3, 0.4) is 0 Å². The summed E-state index contributed by atoms with van der Waals surface area (Å²) in [7, 11) is 1.68. The van der Waals surface area contributed by atoms with Gasteiger partial charge >= 0.3 is 0 Å². The van der Waals surface area contributed by atoms with E-state index < -0.39 is 0 Å². The van der Waals surface area contributed by atoms with Gasteiger partial charge in [0.05, 0.1) is 0 Å². The van der Waals surface area contributed by atoms with E-state index in [1.807, 2.05) is 0 Å². The van der Waals surface area contributed by atoms with E-state index in [0.717, 1.165) is 0 Å². The summed E-state index contributed by atoms with van der Waals surface area (Å²) in [6, 6.07) is 0. The van der Waals surface area contributed by atoms with E-state index in [1.165, 1.54) is 11.1 Å². The van der Waals surface area contributed by atoms with Gasteiger partial charge in [0.25, 0.3) is 0 Å². The van der Waals surface area contributed by atoms with Crippen molar-refractivity contribution in [1.29, 1.82) is 0 Å². The molecular weight excluding hydrogens is 138 g/mol. The summed E-state index contributed by atoms with van der Waals surface area (Å²) in [5.41, 5.74) is 5.26. The molecule has 0 aliphatic carbocycles. The van der Waals surface area contributed by atoms with Crippen LogP contribution in [0.4, 0.5) is 0 Å². The Balaban J connectivity index is 3.84. The van der Waals surface area contributed by atoms with Crippen LogP contribution in [0.5, 0.6) is 0 Å². The van der Waals surface area contributed by atoms with Crippen LogP contribution in [0.25, 0.3) is 0 Å². The molecule has 0 aromatic carbocycles. The van der Waals surface area contributed by atoms with E-state index in [0.29, 0.717) is 12.2 Å². The van der Waals surface area contributed by atoms with Crippen LogP contribution < -0.4 is 5.73 Å². The zero-order chi connectivity index (χ0) is 7.28. The lowest BCUT2D eigenvalue weighted by Crippen LogP contribution is -2.28. The average molecular weight is 147 g/mol. The molecule has 9 heavy (non-hydrogen) atoms. The van der Waals surface area contributed by atoms with Gasteiger partial charge in [-0.05, 0) is 6.20 Å². The lowest BCUT2D eigenvalue weighted by atomic mass is 10.8. The average Bonchev–Trinajstić information content (AvgIpc) is 1.87. The molecule has 0 fully saturated rings. The lowest BCUT2D eigenvalue weighted by molar-refractivity contribution is 0.658. The monoisotopic (exact) mass is 147 g/mol. The van der Waals surface area contributed by atoms with Crippen LogP contribution in [0.15, 0.2) is 17.2 Å². The van der Waals surface area contributed by atoms with Crippen molar-refractivity contribution in [2.75, 3.05) is 7.05 Å². The molecule has 3 N–H and O–H groups in total. The zero-order valence-corrected chi connectivity index (χ0v) is 5.93. The molecule has 4 nitrogen and oxygen atoms in total. The molecule has 0 saturated carbocycles. The fourth-order valence-corrected chi connectivity index (χ4v) is 0.412. The minimum atomic E-state index is 0.220. The van der Waals surface area contributed by atoms with Crippen molar-refractivity contribution in [3.8, 4) is 0 Å². The van der Waals surface area contributed by atoms with Crippen molar-refractivity contribution < 1.29 is 4.55 Å². The number of nitrogens with zero attached hydrogens (tertiary/aromatic N) is 2. The summed E-state index contributed by atoms with van der Waals surface area (Å²) >= 11 is 0.327. The number of hydrogen-bond donors (Lipinski definition) is 2. The predicted octanol–water partition coefficient (Wildman–Crippen LogP) is 0.498. The number of guanidine groups is 1. The molecular formula is C4H9N3OS. The first-order valence-electron chi connectivity index (χ1n) is 2.21. The Morgan fingerprint density at radius 2 is 2.56 bits per heavy atom. The molecule has 52 valence electrons. The molecule has 0 spiro atoms. The minimum absolute atomic E-state index is 0.220. The van der Waals surface area contributed by atoms with Crippen molar-refractivity contribution in [2.24, 2.45) is 10.1 Å². The summed E-state index contributed by atoms with van der Waals surface area (Å²) < 4.78 is 11.6. The fourth-order valence-electron chi connectivity index (χ4n) is 0.200. The standard InChI is InChI=1S/C4H9N3OS/c1-3-7(2)4(5)6-9-8/h3,8H,1H2,2H3,(H2,5,6). The number of nitrogens with two attached hydrogens (primary N) is 1. The van der Waals surface area contributed by atoms with Crippen molar-refractivity contribution >= 4 is 18.2 Å². The second kappa shape index (κ2) is 4.22. The van der Waals surface area contributed by atoms with E-state index in [1.54, 1.807) is 7.05 Å². The van der Waals surface area contributed by atoms with Gasteiger partial charge < -0.3 is 15.2 Å². The molecule has 0 aliphatic rings. The third-order valence-electron chi connectivity index (χ3n) is 0.770. The second-order valence-electron chi connectivity index (χ2n) is 1.32. The van der Waals surface area contributed by atoms with Gasteiger partial charge in [-0.15, -0.1) is 0 Å². The highest BCUT2D eigenvalue weighted by Gasteiger charge is 1.92. The first kappa shape index (κ1) is 8.32. The van der Waals surface area contributed by atoms with Crippen LogP contribution in [-0.4, -0.2) is 22.5 Å². The van der Waals surface area contributed by atoms with Crippen LogP contribution >= 0.6 is 12.2 Å². The van der Waals surface area contributed by atoms with E-state index in [4.69, 9.17) is 10.3 Å². The topological polar surface area (TPSA) is 61.8 Å². The number of hydrogen-bond acceptors (Lipinski definition) is 3. The van der Waals surface area contributed by atoms with Crippen molar-refractivity contribution in [3.05, 3.63) is 12.8 Å². The molecule has 0 heterocycles. The van der Waals surface area contributed by atoms with Gasteiger partial charge in [0, 0.05) is 7.05 Å². The molecule has 0 unspecified atom stereocenters. The Bertz CT molecular complexity index is 125. The summed E-state index contributed by atoms with van der Waals surface area (Å²) in [4.78, 5) is 1.49. The maximum absolute atomic E-state index is 8.17. The maximum atomic E-state index is 8.17. The molecule has 0 saturated heterocycles. The minimum Gasteiger partial charge on any atom is -0.369 e. The first-order valence-corrected chi connectivity index (χ1v) is 2.94. The molecule has 0 rings (SSSR count). The van der Waals surface area contributed by atoms with Gasteiger partial charge in [0.1, 0.15) is 12.2 Å². The highest BCUT2D eigenvalue weighted by molar-refractivity contribution is 7.92. The summed E-state index contributed by atoms with van der Waals surface area (Å²) in [5.74, 6) is 0.220. The third kappa shape index (κ3) is 2.99. The van der Waals surface area contributed by atoms with Crippen molar-refractivity contribution in [3.63, 3.8) is 0 Å². The number of rotatable bonds is 2. The zero-order valence-electron chi connectivity index (χ0n) is 5.11. The van der Waals surface area contributed by atoms with Gasteiger partial charge in [-0.3, -0.25) is 0 Å². The van der Waals surface area contributed by atoms with E-state index in [2.05, 4.69) is 11.0 Å². The van der Waals surface area contributed by atoms with Gasteiger partial charge in [-0.1, -0.05) is 6.58 Å². The quantitative estimate of drug-likeness (QED) is 0.258. The van der Waals surface area contributed by atoms with Gasteiger partial charge in [-0.25, -0.2) is 0 Å². The molecule has 5 heteroatoms. The Labute approximate surface area is 58.4 Å². The maximum Gasteiger partial charge on any atom is 0.209 e. The molecule has 0 radical (unpaired) electrons. The SMILES string of the molecule is C=CN(C)/C(N)=N/SO. The summed E-state index contributed by atoms with van der Waals surface area (Å²) in [6.45, 7) is 3.44. The highest BCUT2D eigenvalue weighted by Crippen LogP contribution is 1.93. The molecule has 0 bridgehead atoms. The van der Waals surface area contributed by atoms with E-state index in [9.17, 15) is 0 Å². The summed E-state index contributed by atoms with van der Waals surface area (Å²) in [6.07, 6.45) is 1.50. The second-order valence-corrected chi connectivity index (χ2v) is 1.67. The highest BCUT2D eigenvalue weighted by atomic mass is 32.2. The largest absolute Gasteiger partial charge is 0.369 e. The third-order valence-corrected chi connectivity index (χ3v) is 1.04. The molecule has 0 aromatic heterocycles. The molecule has 0 aliphatic heterocycles. The first-order chi connectivity index (χ1) is 4.22. The predicted molar refractivity (Wildman–Crippen MR) is 39.8 cm³/mol. The van der Waals surface area contributed by atoms with Crippen LogP contribution in [-0.2, 0) is 0 Å². The smallest absolute Gasteiger partial charge is 0.209 e. The van der Waals surface area contributed by atoms with Gasteiger partial charge in [0.2, 0.25) is 5.96 Å². The lowest BCUT2D eigenvalue weighted by Gasteiger charge is -2.09. The molecule has 0 aromatic rings. The molecule has 0 amide bonds. The Morgan fingerprint density at radius 1 is 2.00 bits per heavy atom. The van der Waals surface area contributed by atoms with Crippen LogP contribution in [0.2, 0.25) is 0 Å². The van der Waals surface area contributed by atoms with E-state index >= 15 is 0 Å². The van der Waals surface area contributed by atoms with Crippen LogP contribution in [0.1, 0.15) is 0 Å². The van der Waals surface area contributed by atoms with Gasteiger partial charge in [-0.2, -0.15) is 4.40 Å². The molecule has 0 atom stereocenters. The Hall–Kier alpha value is -0.680. The van der Waals surface area contributed by atoms with Crippen molar-refractivity contribution in [2.45, 2.75) is 0 Å². The van der Waals surface area contributed by atoms with Gasteiger partial charge in [0.15, 0.2) is 0 Å². The Morgan fingerprint density at radius 3 is 2.89 bits per heavy atom. The van der Waals surface area contributed by atoms with Crippen LogP contribution in [0, 0.1) is 0 Å². The summed E-state index contributed by atoms with van der Waals surface area (Å²) in [5, 5.41) is 0. The van der Waals surface area contributed by atoms with Crippen molar-refractivity contribution in [1.82, 2.24) is 4.90 Å². The normalized spacial score (nSPS) is 11.1. The van der Waals surface area contributed by atoms with E-state index in [-0.39, 0.29) is 5.96 Å². The Kier molecular flexibility index (Phi) is 3.90.